The molecule has 6 nitrogen and oxygen atoms in total. The number of carbonyl (C=O) groups is 2. The molecule has 192 valence electrons. The van der Waals surface area contributed by atoms with Crippen molar-refractivity contribution >= 4 is 40.4 Å². The molecule has 0 bridgehead atoms. The fourth-order valence-electron chi connectivity index (χ4n) is 4.16. The average Bonchev–Trinajstić information content (AvgIpc) is 3.13. The molecule has 1 fully saturated rings. The van der Waals surface area contributed by atoms with Crippen molar-refractivity contribution in [2.75, 3.05) is 31.0 Å². The lowest BCUT2D eigenvalue weighted by Gasteiger charge is -2.26. The van der Waals surface area contributed by atoms with Crippen LogP contribution in [0.1, 0.15) is 22.7 Å². The summed E-state index contributed by atoms with van der Waals surface area (Å²) >= 11 is 6.08. The van der Waals surface area contributed by atoms with E-state index in [9.17, 15) is 27.9 Å². The van der Waals surface area contributed by atoms with Crippen molar-refractivity contribution in [3.05, 3.63) is 94.0 Å². The zero-order valence-electron chi connectivity index (χ0n) is 20.0. The van der Waals surface area contributed by atoms with Crippen LogP contribution in [0.15, 0.2) is 72.3 Å². The Hall–Kier alpha value is -3.98. The summed E-state index contributed by atoms with van der Waals surface area (Å²) < 4.78 is 45.5. The van der Waals surface area contributed by atoms with Gasteiger partial charge in [-0.25, -0.2) is 0 Å². The van der Waals surface area contributed by atoms with Crippen molar-refractivity contribution in [3.8, 4) is 5.75 Å². The van der Waals surface area contributed by atoms with Crippen molar-refractivity contribution in [1.29, 1.82) is 0 Å². The molecule has 37 heavy (non-hydrogen) atoms. The fourth-order valence-corrected chi connectivity index (χ4v) is 4.36. The number of ether oxygens (including phenoxy) is 1. The second kappa shape index (κ2) is 9.82. The van der Waals surface area contributed by atoms with Crippen LogP contribution in [-0.2, 0) is 15.8 Å². The SMILES string of the molecule is COc1cc(/C(O)=C2\C(=O)C(=O)N(c3cccc(C(F)(F)F)c3)C2c2ccc(N(C)C)cc2)ccc1Cl. The van der Waals surface area contributed by atoms with Gasteiger partial charge in [0.1, 0.15) is 11.5 Å². The van der Waals surface area contributed by atoms with Crippen LogP contribution in [0.3, 0.4) is 0 Å². The third kappa shape index (κ3) is 4.86. The minimum atomic E-state index is -4.66. The number of benzene rings is 3. The average molecular weight is 531 g/mol. The summed E-state index contributed by atoms with van der Waals surface area (Å²) in [6, 6.07) is 14.1. The first-order chi connectivity index (χ1) is 17.4. The number of nitrogens with zero attached hydrogens (tertiary/aromatic N) is 2. The Morgan fingerprint density at radius 2 is 1.70 bits per heavy atom. The van der Waals surface area contributed by atoms with Gasteiger partial charge in [-0.05, 0) is 54.1 Å². The number of carbonyl (C=O) groups excluding carboxylic acids is 2. The first kappa shape index (κ1) is 26.1. The number of aliphatic hydroxyl groups excluding tert-OH is 1. The van der Waals surface area contributed by atoms with Gasteiger partial charge < -0.3 is 14.7 Å². The highest BCUT2D eigenvalue weighted by Crippen LogP contribution is 2.44. The molecule has 3 aromatic carbocycles. The van der Waals surface area contributed by atoms with E-state index in [1.165, 1.54) is 31.4 Å². The van der Waals surface area contributed by atoms with Gasteiger partial charge in [0, 0.05) is 31.0 Å². The lowest BCUT2D eigenvalue weighted by Crippen LogP contribution is -2.29. The number of halogens is 4. The minimum Gasteiger partial charge on any atom is -0.507 e. The molecule has 0 spiro atoms. The number of rotatable bonds is 5. The van der Waals surface area contributed by atoms with Crippen molar-refractivity contribution < 1.29 is 32.6 Å². The van der Waals surface area contributed by atoms with E-state index in [1.807, 2.05) is 19.0 Å². The van der Waals surface area contributed by atoms with E-state index in [-0.39, 0.29) is 27.6 Å². The van der Waals surface area contributed by atoms with E-state index in [0.29, 0.717) is 5.56 Å². The maximum absolute atomic E-state index is 13.5. The van der Waals surface area contributed by atoms with E-state index < -0.39 is 35.2 Å². The first-order valence-corrected chi connectivity index (χ1v) is 11.4. The molecule has 1 amide bonds. The molecular formula is C27H22ClF3N2O4. The summed E-state index contributed by atoms with van der Waals surface area (Å²) in [7, 11) is 5.04. The number of ketones is 1. The molecule has 1 N–H and O–H groups in total. The Bertz CT molecular complexity index is 1400. The highest BCUT2D eigenvalue weighted by molar-refractivity contribution is 6.51. The van der Waals surface area contributed by atoms with Gasteiger partial charge >= 0.3 is 6.18 Å². The van der Waals surface area contributed by atoms with Gasteiger partial charge in [0.05, 0.1) is 29.3 Å². The second-order valence-corrected chi connectivity index (χ2v) is 8.96. The van der Waals surface area contributed by atoms with Crippen LogP contribution in [0.4, 0.5) is 24.5 Å². The van der Waals surface area contributed by atoms with Crippen molar-refractivity contribution in [2.24, 2.45) is 0 Å². The molecule has 0 radical (unpaired) electrons. The van der Waals surface area contributed by atoms with Crippen LogP contribution in [0.5, 0.6) is 5.75 Å². The van der Waals surface area contributed by atoms with Crippen LogP contribution in [-0.4, -0.2) is 38.0 Å². The molecule has 1 atom stereocenters. The highest BCUT2D eigenvalue weighted by Gasteiger charge is 2.47. The van der Waals surface area contributed by atoms with Gasteiger partial charge in [0.25, 0.3) is 11.7 Å². The van der Waals surface area contributed by atoms with E-state index >= 15 is 0 Å². The Balaban J connectivity index is 1.95. The number of methoxy groups -OCH3 is 1. The molecule has 1 saturated heterocycles. The normalized spacial score (nSPS) is 17.3. The summed E-state index contributed by atoms with van der Waals surface area (Å²) in [5.74, 6) is -2.39. The number of amides is 1. The summed E-state index contributed by atoms with van der Waals surface area (Å²) in [4.78, 5) is 29.3. The smallest absolute Gasteiger partial charge is 0.416 e. The molecule has 3 aromatic rings. The predicted octanol–water partition coefficient (Wildman–Crippen LogP) is 6.06. The van der Waals surface area contributed by atoms with Gasteiger partial charge in [-0.15, -0.1) is 0 Å². The lowest BCUT2D eigenvalue weighted by atomic mass is 9.94. The van der Waals surface area contributed by atoms with E-state index in [0.717, 1.165) is 28.8 Å². The van der Waals surface area contributed by atoms with Crippen molar-refractivity contribution in [3.63, 3.8) is 0 Å². The van der Waals surface area contributed by atoms with Gasteiger partial charge in [-0.3, -0.25) is 14.5 Å². The van der Waals surface area contributed by atoms with E-state index in [1.54, 1.807) is 24.3 Å². The van der Waals surface area contributed by atoms with Crippen molar-refractivity contribution in [1.82, 2.24) is 0 Å². The molecule has 1 heterocycles. The molecule has 0 aliphatic carbocycles. The van der Waals surface area contributed by atoms with E-state index in [4.69, 9.17) is 16.3 Å². The summed E-state index contributed by atoms with van der Waals surface area (Å²) in [5.41, 5.74) is 0.0110. The molecule has 1 aliphatic rings. The monoisotopic (exact) mass is 530 g/mol. The van der Waals surface area contributed by atoms with Crippen LogP contribution < -0.4 is 14.5 Å². The molecule has 10 heteroatoms. The first-order valence-electron chi connectivity index (χ1n) is 11.0. The maximum atomic E-state index is 13.5. The Labute approximate surface area is 216 Å². The summed E-state index contributed by atoms with van der Waals surface area (Å²) in [6.07, 6.45) is -4.66. The number of Topliss-reactive ketones (excluding diaryl/α,β-unsaturated/α-hetero) is 1. The molecule has 1 aliphatic heterocycles. The second-order valence-electron chi connectivity index (χ2n) is 8.55. The highest BCUT2D eigenvalue weighted by atomic mass is 35.5. The van der Waals surface area contributed by atoms with Crippen LogP contribution >= 0.6 is 11.6 Å². The van der Waals surface area contributed by atoms with Crippen LogP contribution in [0.25, 0.3) is 5.76 Å². The number of hydrogen-bond acceptors (Lipinski definition) is 5. The molecule has 0 saturated carbocycles. The van der Waals surface area contributed by atoms with Crippen LogP contribution in [0.2, 0.25) is 5.02 Å². The number of anilines is 2. The minimum absolute atomic E-state index is 0.133. The Morgan fingerprint density at radius 3 is 2.30 bits per heavy atom. The van der Waals surface area contributed by atoms with E-state index in [2.05, 4.69) is 0 Å². The number of alkyl halides is 3. The zero-order chi connectivity index (χ0) is 27.1. The fraction of sp³-hybridized carbons (Fsp3) is 0.185. The largest absolute Gasteiger partial charge is 0.507 e. The Kier molecular flexibility index (Phi) is 6.92. The predicted molar refractivity (Wildman–Crippen MR) is 135 cm³/mol. The summed E-state index contributed by atoms with van der Waals surface area (Å²) in [5, 5.41) is 11.5. The van der Waals surface area contributed by atoms with Gasteiger partial charge in [0.2, 0.25) is 0 Å². The van der Waals surface area contributed by atoms with Crippen LogP contribution in [0, 0.1) is 0 Å². The Morgan fingerprint density at radius 1 is 1.03 bits per heavy atom. The standard InChI is InChI=1S/C27H22ClF3N2O4/c1-32(2)18-10-7-15(8-11-18)23-22(24(34)16-9-12-20(28)21(13-16)37-3)25(35)26(36)33(23)19-6-4-5-17(14-19)27(29,30)31/h4-14,23,34H,1-3H3/b24-22+. The lowest BCUT2D eigenvalue weighted by molar-refractivity contribution is -0.137. The third-order valence-electron chi connectivity index (χ3n) is 6.05. The molecule has 4 rings (SSSR count). The summed E-state index contributed by atoms with van der Waals surface area (Å²) in [6.45, 7) is 0. The molecule has 0 aromatic heterocycles. The topological polar surface area (TPSA) is 70.1 Å². The molecule has 1 unspecified atom stereocenters. The van der Waals surface area contributed by atoms with Crippen molar-refractivity contribution in [2.45, 2.75) is 12.2 Å². The number of aliphatic hydroxyl groups is 1. The zero-order valence-corrected chi connectivity index (χ0v) is 20.8. The number of hydrogen-bond donors (Lipinski definition) is 1. The molecular weight excluding hydrogens is 509 g/mol. The maximum Gasteiger partial charge on any atom is 0.416 e. The van der Waals surface area contributed by atoms with Gasteiger partial charge in [0.15, 0.2) is 0 Å². The van der Waals surface area contributed by atoms with Gasteiger partial charge in [-0.2, -0.15) is 13.2 Å². The van der Waals surface area contributed by atoms with Gasteiger partial charge in [-0.1, -0.05) is 29.8 Å². The quantitative estimate of drug-likeness (QED) is 0.247. The third-order valence-corrected chi connectivity index (χ3v) is 6.36.